The number of alkyl halides is 3. The first kappa shape index (κ1) is 24.3. The number of rotatable bonds is 9. The van der Waals surface area contributed by atoms with Gasteiger partial charge in [0.1, 0.15) is 11.8 Å². The number of aryl methyl sites for hydroxylation is 1. The maximum atomic E-state index is 12.9. The fourth-order valence-electron chi connectivity index (χ4n) is 3.77. The van der Waals surface area contributed by atoms with Crippen LogP contribution in [0.25, 0.3) is 0 Å². The summed E-state index contributed by atoms with van der Waals surface area (Å²) in [7, 11) is 3.17. The fourth-order valence-corrected chi connectivity index (χ4v) is 3.77. The maximum Gasteiger partial charge on any atom is 0.416 e. The third-order valence-corrected chi connectivity index (χ3v) is 5.53. The molecule has 0 aliphatic heterocycles. The van der Waals surface area contributed by atoms with Crippen molar-refractivity contribution in [3.05, 3.63) is 101 Å². The van der Waals surface area contributed by atoms with E-state index in [1.807, 2.05) is 54.6 Å². The summed E-state index contributed by atoms with van der Waals surface area (Å²) in [4.78, 5) is 12.7. The Hall–Kier alpha value is -3.32. The fraction of sp³-hybridized carbons (Fsp3) is 0.269. The van der Waals surface area contributed by atoms with Crippen molar-refractivity contribution >= 4 is 5.91 Å². The number of carbonyl (C=O) groups excluding carboxylic acids is 1. The van der Waals surface area contributed by atoms with Gasteiger partial charge >= 0.3 is 6.18 Å². The van der Waals surface area contributed by atoms with Crippen LogP contribution in [0, 0.1) is 0 Å². The second kappa shape index (κ2) is 11.0. The summed E-state index contributed by atoms with van der Waals surface area (Å²) in [6, 6.07) is 21.2. The first-order valence-electron chi connectivity index (χ1n) is 10.6. The third-order valence-electron chi connectivity index (χ3n) is 5.53. The molecule has 0 aromatic heterocycles. The number of halogens is 3. The Balaban J connectivity index is 1.88. The predicted molar refractivity (Wildman–Crippen MR) is 122 cm³/mol. The Labute approximate surface area is 191 Å². The van der Waals surface area contributed by atoms with E-state index in [9.17, 15) is 18.0 Å². The van der Waals surface area contributed by atoms with Crippen LogP contribution in [-0.4, -0.2) is 20.1 Å². The number of para-hydroxylation sites is 1. The van der Waals surface area contributed by atoms with Gasteiger partial charge in [-0.15, -0.1) is 0 Å². The highest BCUT2D eigenvalue weighted by Crippen LogP contribution is 2.32. The molecule has 33 heavy (non-hydrogen) atoms. The molecule has 2 N–H and O–H groups in total. The summed E-state index contributed by atoms with van der Waals surface area (Å²) in [6.45, 7) is 0. The molecule has 3 rings (SSSR count). The number of likely N-dealkylation sites (N-methyl/N-ethyl adjacent to an activating group) is 1. The Bertz CT molecular complexity index is 1040. The molecular weight excluding hydrogens is 429 g/mol. The smallest absolute Gasteiger partial charge is 0.416 e. The van der Waals surface area contributed by atoms with Crippen molar-refractivity contribution in [3.8, 4) is 5.75 Å². The van der Waals surface area contributed by atoms with Gasteiger partial charge in [0.25, 0.3) is 0 Å². The van der Waals surface area contributed by atoms with Gasteiger partial charge < -0.3 is 10.1 Å². The van der Waals surface area contributed by atoms with Crippen LogP contribution in [0.2, 0.25) is 0 Å². The van der Waals surface area contributed by atoms with E-state index in [0.29, 0.717) is 18.6 Å². The number of amides is 1. The zero-order valence-electron chi connectivity index (χ0n) is 18.5. The normalized spacial score (nSPS) is 13.2. The number of methoxy groups -OCH3 is 1. The molecule has 0 heterocycles. The van der Waals surface area contributed by atoms with Crippen LogP contribution in [0.1, 0.15) is 40.8 Å². The van der Waals surface area contributed by atoms with Gasteiger partial charge in [-0.3, -0.25) is 10.1 Å². The van der Waals surface area contributed by atoms with Crippen LogP contribution >= 0.6 is 0 Å². The number of hydrogen-bond donors (Lipinski definition) is 2. The van der Waals surface area contributed by atoms with Crippen molar-refractivity contribution in [2.45, 2.75) is 31.1 Å². The van der Waals surface area contributed by atoms with Crippen molar-refractivity contribution in [1.29, 1.82) is 0 Å². The molecule has 4 nitrogen and oxygen atoms in total. The van der Waals surface area contributed by atoms with Crippen LogP contribution in [-0.2, 0) is 17.4 Å². The average Bonchev–Trinajstić information content (AvgIpc) is 2.84. The Kier molecular flexibility index (Phi) is 8.11. The van der Waals surface area contributed by atoms with Crippen molar-refractivity contribution in [2.24, 2.45) is 0 Å². The molecule has 0 aliphatic carbocycles. The highest BCUT2D eigenvalue weighted by molar-refractivity contribution is 5.83. The van der Waals surface area contributed by atoms with Gasteiger partial charge in [0.15, 0.2) is 0 Å². The summed E-state index contributed by atoms with van der Waals surface area (Å²) in [6.07, 6.45) is -3.30. The molecule has 0 saturated heterocycles. The van der Waals surface area contributed by atoms with Gasteiger partial charge in [0.2, 0.25) is 5.91 Å². The SMILES string of the molecule is CNC(=O)C(NC(CCc1ccc(C(F)(F)F)cc1)c1ccccc1OC)c1ccccc1. The summed E-state index contributed by atoms with van der Waals surface area (Å²) in [5, 5.41) is 6.15. The second-order valence-corrected chi connectivity index (χ2v) is 7.65. The van der Waals surface area contributed by atoms with E-state index in [0.717, 1.165) is 28.8 Å². The highest BCUT2D eigenvalue weighted by Gasteiger charge is 2.30. The Morgan fingerprint density at radius 1 is 0.939 bits per heavy atom. The first-order chi connectivity index (χ1) is 15.8. The molecule has 0 radical (unpaired) electrons. The monoisotopic (exact) mass is 456 g/mol. The zero-order valence-corrected chi connectivity index (χ0v) is 18.5. The molecule has 3 aromatic carbocycles. The second-order valence-electron chi connectivity index (χ2n) is 7.65. The van der Waals surface area contributed by atoms with Crippen LogP contribution in [0.15, 0.2) is 78.9 Å². The van der Waals surface area contributed by atoms with Gasteiger partial charge in [-0.1, -0.05) is 60.7 Å². The lowest BCUT2D eigenvalue weighted by atomic mass is 9.95. The van der Waals surface area contributed by atoms with Crippen molar-refractivity contribution < 1.29 is 22.7 Å². The van der Waals surface area contributed by atoms with E-state index in [1.165, 1.54) is 12.1 Å². The van der Waals surface area contributed by atoms with E-state index in [1.54, 1.807) is 14.2 Å². The molecule has 2 unspecified atom stereocenters. The number of benzene rings is 3. The molecule has 0 spiro atoms. The van der Waals surface area contributed by atoms with E-state index in [-0.39, 0.29) is 11.9 Å². The number of hydrogen-bond acceptors (Lipinski definition) is 3. The maximum absolute atomic E-state index is 12.9. The number of ether oxygens (including phenoxy) is 1. The largest absolute Gasteiger partial charge is 0.496 e. The van der Waals surface area contributed by atoms with Crippen LogP contribution in [0.3, 0.4) is 0 Å². The standard InChI is InChI=1S/C26H27F3N2O2/c1-30-25(32)24(19-8-4-3-5-9-19)31-22(21-10-6-7-11-23(21)33-2)17-14-18-12-15-20(16-13-18)26(27,28)29/h3-13,15-16,22,24,31H,14,17H2,1-2H3,(H,30,32). The minimum atomic E-state index is -4.36. The average molecular weight is 457 g/mol. The van der Waals surface area contributed by atoms with Gasteiger partial charge in [0, 0.05) is 18.7 Å². The van der Waals surface area contributed by atoms with Crippen LogP contribution in [0.5, 0.6) is 5.75 Å². The molecular formula is C26H27F3N2O2. The zero-order chi connectivity index (χ0) is 23.8. The Morgan fingerprint density at radius 2 is 1.58 bits per heavy atom. The summed E-state index contributed by atoms with van der Waals surface area (Å²) >= 11 is 0. The lowest BCUT2D eigenvalue weighted by Crippen LogP contribution is -2.38. The quantitative estimate of drug-likeness (QED) is 0.449. The van der Waals surface area contributed by atoms with E-state index < -0.39 is 17.8 Å². The molecule has 2 atom stereocenters. The summed E-state index contributed by atoms with van der Waals surface area (Å²) < 4.78 is 44.2. The lowest BCUT2D eigenvalue weighted by Gasteiger charge is -2.27. The molecule has 0 aliphatic rings. The van der Waals surface area contributed by atoms with Crippen molar-refractivity contribution in [1.82, 2.24) is 10.6 Å². The molecule has 0 bridgehead atoms. The van der Waals surface area contributed by atoms with Crippen molar-refractivity contribution in [3.63, 3.8) is 0 Å². The van der Waals surface area contributed by atoms with Crippen LogP contribution < -0.4 is 15.4 Å². The molecule has 7 heteroatoms. The highest BCUT2D eigenvalue weighted by atomic mass is 19.4. The van der Waals surface area contributed by atoms with Gasteiger partial charge in [-0.2, -0.15) is 13.2 Å². The number of carbonyl (C=O) groups is 1. The summed E-state index contributed by atoms with van der Waals surface area (Å²) in [5.74, 6) is 0.488. The molecule has 174 valence electrons. The topological polar surface area (TPSA) is 50.4 Å². The Morgan fingerprint density at radius 3 is 2.18 bits per heavy atom. The molecule has 1 amide bonds. The van der Waals surface area contributed by atoms with Crippen molar-refractivity contribution in [2.75, 3.05) is 14.2 Å². The van der Waals surface area contributed by atoms with Gasteiger partial charge in [-0.25, -0.2) is 0 Å². The lowest BCUT2D eigenvalue weighted by molar-refractivity contribution is -0.137. The van der Waals surface area contributed by atoms with Gasteiger partial charge in [0.05, 0.1) is 12.7 Å². The van der Waals surface area contributed by atoms with E-state index in [4.69, 9.17) is 4.74 Å². The third kappa shape index (κ3) is 6.35. The van der Waals surface area contributed by atoms with E-state index >= 15 is 0 Å². The minimum absolute atomic E-state index is 0.185. The van der Waals surface area contributed by atoms with Gasteiger partial charge in [-0.05, 0) is 42.2 Å². The minimum Gasteiger partial charge on any atom is -0.496 e. The summed E-state index contributed by atoms with van der Waals surface area (Å²) in [5.41, 5.74) is 1.79. The van der Waals surface area contributed by atoms with E-state index in [2.05, 4.69) is 10.6 Å². The molecule has 0 fully saturated rings. The molecule has 0 saturated carbocycles. The number of nitrogens with one attached hydrogen (secondary N) is 2. The first-order valence-corrected chi connectivity index (χ1v) is 10.6. The van der Waals surface area contributed by atoms with Crippen LogP contribution in [0.4, 0.5) is 13.2 Å². The molecule has 3 aromatic rings. The predicted octanol–water partition coefficient (Wildman–Crippen LogP) is 5.46.